The number of hydrogen-bond acceptors (Lipinski definition) is 6. The van der Waals surface area contributed by atoms with E-state index >= 15 is 0 Å². The van der Waals surface area contributed by atoms with E-state index in [9.17, 15) is 18.0 Å². The van der Waals surface area contributed by atoms with Crippen LogP contribution in [0.1, 0.15) is 30.6 Å². The Kier molecular flexibility index (Phi) is 5.77. The molecule has 24 heavy (non-hydrogen) atoms. The molecule has 1 saturated heterocycles. The van der Waals surface area contributed by atoms with Crippen LogP contribution in [0.2, 0.25) is 0 Å². The molecule has 0 aliphatic carbocycles. The van der Waals surface area contributed by atoms with E-state index < -0.39 is 32.3 Å². The minimum atomic E-state index is -4.09. The molecule has 1 heterocycles. The van der Waals surface area contributed by atoms with Crippen molar-refractivity contribution in [3.05, 3.63) is 48.0 Å². The third kappa shape index (κ3) is 3.84. The van der Waals surface area contributed by atoms with Crippen molar-refractivity contribution in [2.75, 3.05) is 13.2 Å². The highest BCUT2D eigenvalue weighted by Gasteiger charge is 2.41. The minimum Gasteiger partial charge on any atom is -0.465 e. The quantitative estimate of drug-likeness (QED) is 0.567. The van der Waals surface area contributed by atoms with E-state index in [2.05, 4.69) is 6.58 Å². The van der Waals surface area contributed by atoms with Crippen LogP contribution in [-0.2, 0) is 28.9 Å². The Morgan fingerprint density at radius 2 is 1.62 bits per heavy atom. The molecule has 6 nitrogen and oxygen atoms in total. The lowest BCUT2D eigenvalue weighted by atomic mass is 10.1. The van der Waals surface area contributed by atoms with Crippen molar-refractivity contribution in [3.8, 4) is 0 Å². The van der Waals surface area contributed by atoms with Gasteiger partial charge in [-0.2, -0.15) is 0 Å². The van der Waals surface area contributed by atoms with Gasteiger partial charge in [0.05, 0.1) is 18.8 Å². The highest BCUT2D eigenvalue weighted by Crippen LogP contribution is 2.33. The first-order valence-corrected chi connectivity index (χ1v) is 9.27. The first kappa shape index (κ1) is 18.2. The summed E-state index contributed by atoms with van der Waals surface area (Å²) in [6.45, 7) is 5.10. The van der Waals surface area contributed by atoms with Crippen LogP contribution in [0.5, 0.6) is 0 Å². The number of rotatable bonds is 1. The summed E-state index contributed by atoms with van der Waals surface area (Å²) in [5.41, 5.74) is 0.151. The van der Waals surface area contributed by atoms with Crippen molar-refractivity contribution in [2.24, 2.45) is 0 Å². The summed E-state index contributed by atoms with van der Waals surface area (Å²) in [4.78, 5) is 24.3. The standard InChI is InChI=1S/C17H20O6S/c1-12-15(14-8-4-3-5-9-14)24(20,21)13(2)17(19)23-11-7-6-10-22-16(12)18/h3-5,8-9,13,15H,1,6-7,10-11H2,2H3. The van der Waals surface area contributed by atoms with Gasteiger partial charge in [0.2, 0.25) is 0 Å². The normalized spacial score (nSPS) is 25.8. The van der Waals surface area contributed by atoms with Gasteiger partial charge in [-0.25, -0.2) is 13.2 Å². The number of carbonyl (C=O) groups excluding carboxylic acids is 2. The van der Waals surface area contributed by atoms with Crippen LogP contribution in [-0.4, -0.2) is 38.8 Å². The van der Waals surface area contributed by atoms with Crippen LogP contribution in [0.25, 0.3) is 0 Å². The van der Waals surface area contributed by atoms with Gasteiger partial charge < -0.3 is 9.47 Å². The molecule has 0 bridgehead atoms. The Balaban J connectivity index is 2.50. The van der Waals surface area contributed by atoms with E-state index in [1.54, 1.807) is 30.3 Å². The second-order valence-electron chi connectivity index (χ2n) is 5.56. The number of esters is 2. The molecule has 1 aromatic rings. The van der Waals surface area contributed by atoms with Gasteiger partial charge in [0.15, 0.2) is 15.1 Å². The molecule has 0 N–H and O–H groups in total. The van der Waals surface area contributed by atoms with E-state index in [-0.39, 0.29) is 18.8 Å². The monoisotopic (exact) mass is 352 g/mol. The zero-order valence-electron chi connectivity index (χ0n) is 13.4. The summed E-state index contributed by atoms with van der Waals surface area (Å²) in [6, 6.07) is 8.19. The molecule has 0 spiro atoms. The molecule has 1 aliphatic heterocycles. The third-order valence-electron chi connectivity index (χ3n) is 3.85. The zero-order valence-corrected chi connectivity index (χ0v) is 14.3. The van der Waals surface area contributed by atoms with Gasteiger partial charge in [0, 0.05) is 0 Å². The van der Waals surface area contributed by atoms with Crippen molar-refractivity contribution in [1.29, 1.82) is 0 Å². The molecule has 1 aliphatic rings. The number of sulfone groups is 1. The molecule has 130 valence electrons. The second-order valence-corrected chi connectivity index (χ2v) is 7.91. The maximum absolute atomic E-state index is 12.9. The average molecular weight is 352 g/mol. The number of cyclic esters (lactones) is 2. The molecule has 2 unspecified atom stereocenters. The lowest BCUT2D eigenvalue weighted by Gasteiger charge is -2.23. The first-order chi connectivity index (χ1) is 11.4. The molecule has 1 aromatic carbocycles. The molecule has 2 rings (SSSR count). The molecule has 1 fully saturated rings. The van der Waals surface area contributed by atoms with Gasteiger partial charge in [-0.1, -0.05) is 36.9 Å². The number of hydrogen-bond donors (Lipinski definition) is 0. The van der Waals surface area contributed by atoms with E-state index in [0.29, 0.717) is 18.4 Å². The second kappa shape index (κ2) is 7.61. The maximum Gasteiger partial charge on any atom is 0.335 e. The Bertz CT molecular complexity index is 723. The zero-order chi connectivity index (χ0) is 17.7. The summed E-state index contributed by atoms with van der Waals surface area (Å²) in [7, 11) is -4.09. The van der Waals surface area contributed by atoms with Gasteiger partial charge in [-0.15, -0.1) is 0 Å². The number of carbonyl (C=O) groups is 2. The molecule has 0 saturated carbocycles. The van der Waals surface area contributed by atoms with E-state index in [4.69, 9.17) is 9.47 Å². The Hall–Kier alpha value is -2.15. The van der Waals surface area contributed by atoms with Gasteiger partial charge >= 0.3 is 11.9 Å². The van der Waals surface area contributed by atoms with Gasteiger partial charge in [-0.3, -0.25) is 4.79 Å². The summed E-state index contributed by atoms with van der Waals surface area (Å²) in [6.07, 6.45) is 1.00. The fourth-order valence-electron chi connectivity index (χ4n) is 2.41. The summed E-state index contributed by atoms with van der Waals surface area (Å²) < 4.78 is 36.0. The predicted molar refractivity (Wildman–Crippen MR) is 87.9 cm³/mol. The topological polar surface area (TPSA) is 86.7 Å². The lowest BCUT2D eigenvalue weighted by Crippen LogP contribution is -2.35. The SMILES string of the molecule is C=C1C(=O)OCCCCOC(=O)C(C)S(=O)(=O)C1c1ccccc1. The van der Waals surface area contributed by atoms with Gasteiger partial charge in [0.1, 0.15) is 5.25 Å². The number of ether oxygens (including phenoxy) is 2. The smallest absolute Gasteiger partial charge is 0.335 e. The number of benzene rings is 1. The van der Waals surface area contributed by atoms with E-state index in [1.807, 2.05) is 0 Å². The molecule has 0 aromatic heterocycles. The van der Waals surface area contributed by atoms with E-state index in [0.717, 1.165) is 0 Å². The minimum absolute atomic E-state index is 0.0905. The van der Waals surface area contributed by atoms with Crippen LogP contribution >= 0.6 is 0 Å². The molecule has 7 heteroatoms. The summed E-state index contributed by atoms with van der Waals surface area (Å²) in [5.74, 6) is -1.59. The van der Waals surface area contributed by atoms with Gasteiger partial charge in [-0.05, 0) is 25.3 Å². The van der Waals surface area contributed by atoms with Gasteiger partial charge in [0.25, 0.3) is 0 Å². The van der Waals surface area contributed by atoms with Crippen molar-refractivity contribution in [2.45, 2.75) is 30.3 Å². The lowest BCUT2D eigenvalue weighted by molar-refractivity contribution is -0.144. The van der Waals surface area contributed by atoms with Crippen LogP contribution in [0.15, 0.2) is 42.5 Å². The largest absolute Gasteiger partial charge is 0.465 e. The van der Waals surface area contributed by atoms with Crippen LogP contribution in [0.3, 0.4) is 0 Å². The Labute approximate surface area is 141 Å². The van der Waals surface area contributed by atoms with Crippen molar-refractivity contribution >= 4 is 21.8 Å². The van der Waals surface area contributed by atoms with E-state index in [1.165, 1.54) is 6.92 Å². The first-order valence-electron chi connectivity index (χ1n) is 7.66. The summed E-state index contributed by atoms with van der Waals surface area (Å²) in [5, 5.41) is -2.76. The average Bonchev–Trinajstić information content (AvgIpc) is 2.56. The predicted octanol–water partition coefficient (Wildman–Crippen LogP) is 1.97. The fraction of sp³-hybridized carbons (Fsp3) is 0.412. The van der Waals surface area contributed by atoms with Crippen molar-refractivity contribution < 1.29 is 27.5 Å². The highest BCUT2D eigenvalue weighted by atomic mass is 32.2. The van der Waals surface area contributed by atoms with Crippen LogP contribution in [0, 0.1) is 0 Å². The van der Waals surface area contributed by atoms with Crippen molar-refractivity contribution in [1.82, 2.24) is 0 Å². The molecule has 0 radical (unpaired) electrons. The molecular formula is C17H20O6S. The highest BCUT2D eigenvalue weighted by molar-refractivity contribution is 7.93. The molecular weight excluding hydrogens is 332 g/mol. The van der Waals surface area contributed by atoms with Crippen LogP contribution < -0.4 is 0 Å². The maximum atomic E-state index is 12.9. The third-order valence-corrected chi connectivity index (χ3v) is 6.24. The summed E-state index contributed by atoms with van der Waals surface area (Å²) >= 11 is 0. The van der Waals surface area contributed by atoms with Crippen LogP contribution in [0.4, 0.5) is 0 Å². The fourth-order valence-corrected chi connectivity index (χ4v) is 4.19. The Morgan fingerprint density at radius 3 is 2.25 bits per heavy atom. The van der Waals surface area contributed by atoms with Crippen molar-refractivity contribution in [3.63, 3.8) is 0 Å². The molecule has 2 atom stereocenters. The molecule has 0 amide bonds. The Morgan fingerprint density at radius 1 is 1.04 bits per heavy atom.